The summed E-state index contributed by atoms with van der Waals surface area (Å²) in [6.07, 6.45) is 0. The molecule has 21 heavy (non-hydrogen) atoms. The van der Waals surface area contributed by atoms with E-state index in [9.17, 15) is 13.2 Å². The second-order valence-electron chi connectivity index (χ2n) is 3.89. The lowest BCUT2D eigenvalue weighted by Crippen LogP contribution is -2.15. The zero-order chi connectivity index (χ0) is 15.6. The van der Waals surface area contributed by atoms with Crippen molar-refractivity contribution in [2.24, 2.45) is 0 Å². The molecule has 2 N–H and O–H groups in total. The molecule has 2 aromatic rings. The van der Waals surface area contributed by atoms with Gasteiger partial charge in [-0.15, -0.1) is 0 Å². The van der Waals surface area contributed by atoms with Crippen molar-refractivity contribution < 1.29 is 18.3 Å². The zero-order valence-electron chi connectivity index (χ0n) is 10.2. The molecular formula is C12H8BrClN2O4S. The molecule has 0 radical (unpaired) electrons. The molecule has 0 aliphatic rings. The van der Waals surface area contributed by atoms with E-state index in [4.69, 9.17) is 16.7 Å². The fourth-order valence-corrected chi connectivity index (χ4v) is 3.13. The number of pyridine rings is 1. The number of hydrogen-bond donors (Lipinski definition) is 2. The van der Waals surface area contributed by atoms with Crippen LogP contribution in [-0.2, 0) is 10.0 Å². The molecule has 1 aromatic carbocycles. The maximum atomic E-state index is 12.2. The predicted octanol–water partition coefficient (Wildman–Crippen LogP) is 3.00. The lowest BCUT2D eigenvalue weighted by Gasteiger charge is -2.08. The molecule has 2 rings (SSSR count). The Kier molecular flexibility index (Phi) is 4.50. The topological polar surface area (TPSA) is 96.4 Å². The number of hydrogen-bond acceptors (Lipinski definition) is 4. The minimum Gasteiger partial charge on any atom is -0.477 e. The van der Waals surface area contributed by atoms with Crippen LogP contribution >= 0.6 is 27.5 Å². The molecule has 0 aliphatic carbocycles. The molecule has 0 unspecified atom stereocenters. The van der Waals surface area contributed by atoms with Gasteiger partial charge in [-0.05, 0) is 46.3 Å². The van der Waals surface area contributed by atoms with E-state index in [1.165, 1.54) is 36.4 Å². The van der Waals surface area contributed by atoms with E-state index in [2.05, 4.69) is 25.6 Å². The Morgan fingerprint density at radius 2 is 2.00 bits per heavy atom. The Balaban J connectivity index is 2.35. The lowest BCUT2D eigenvalue weighted by atomic mass is 10.3. The first-order valence-corrected chi connectivity index (χ1v) is 8.13. The van der Waals surface area contributed by atoms with Crippen molar-refractivity contribution in [2.45, 2.75) is 4.90 Å². The highest BCUT2D eigenvalue weighted by atomic mass is 79.9. The largest absolute Gasteiger partial charge is 0.477 e. The monoisotopic (exact) mass is 390 g/mol. The number of aromatic carboxylic acids is 1. The van der Waals surface area contributed by atoms with Crippen LogP contribution in [0.2, 0.25) is 5.02 Å². The van der Waals surface area contributed by atoms with Crippen molar-refractivity contribution in [3.05, 3.63) is 51.6 Å². The molecule has 9 heteroatoms. The molecule has 6 nitrogen and oxygen atoms in total. The predicted molar refractivity (Wildman–Crippen MR) is 81.2 cm³/mol. The quantitative estimate of drug-likeness (QED) is 0.835. The third kappa shape index (κ3) is 3.72. The first-order chi connectivity index (χ1) is 9.79. The van der Waals surface area contributed by atoms with Gasteiger partial charge in [0.2, 0.25) is 0 Å². The molecule has 0 atom stereocenters. The minimum atomic E-state index is -3.89. The van der Waals surface area contributed by atoms with Crippen molar-refractivity contribution in [3.8, 4) is 0 Å². The number of benzene rings is 1. The minimum absolute atomic E-state index is 0.0266. The summed E-state index contributed by atoms with van der Waals surface area (Å²) in [5.41, 5.74) is -0.257. The Morgan fingerprint density at radius 1 is 1.29 bits per heavy atom. The number of anilines is 1. The fraction of sp³-hybridized carbons (Fsp3) is 0. The second kappa shape index (κ2) is 6.00. The van der Waals surface area contributed by atoms with E-state index < -0.39 is 16.0 Å². The Bertz CT molecular complexity index is 811. The second-order valence-corrected chi connectivity index (χ2v) is 6.84. The van der Waals surface area contributed by atoms with E-state index in [1.54, 1.807) is 0 Å². The summed E-state index contributed by atoms with van der Waals surface area (Å²) in [5, 5.41) is 9.21. The van der Waals surface area contributed by atoms with Gasteiger partial charge in [0.15, 0.2) is 5.69 Å². The van der Waals surface area contributed by atoms with Crippen LogP contribution in [0.3, 0.4) is 0 Å². The van der Waals surface area contributed by atoms with E-state index in [0.717, 1.165) is 0 Å². The van der Waals surface area contributed by atoms with Crippen LogP contribution in [0.5, 0.6) is 0 Å². The molecule has 1 heterocycles. The van der Waals surface area contributed by atoms with E-state index in [-0.39, 0.29) is 16.4 Å². The SMILES string of the molecule is O=C(O)c1cccc(NS(=O)(=O)c2ccc(Cl)c(Br)c2)n1. The number of nitrogens with one attached hydrogen (secondary N) is 1. The highest BCUT2D eigenvalue weighted by molar-refractivity contribution is 9.10. The van der Waals surface area contributed by atoms with Crippen molar-refractivity contribution in [1.29, 1.82) is 0 Å². The van der Waals surface area contributed by atoms with Crippen LogP contribution in [0.1, 0.15) is 10.5 Å². The molecule has 0 aliphatic heterocycles. The number of carboxylic acid groups (broad SMARTS) is 1. The van der Waals surface area contributed by atoms with Gasteiger partial charge >= 0.3 is 5.97 Å². The zero-order valence-corrected chi connectivity index (χ0v) is 13.4. The van der Waals surface area contributed by atoms with Crippen molar-refractivity contribution >= 4 is 49.3 Å². The maximum Gasteiger partial charge on any atom is 0.354 e. The Morgan fingerprint density at radius 3 is 2.62 bits per heavy atom. The number of sulfonamides is 1. The summed E-state index contributed by atoms with van der Waals surface area (Å²) in [4.78, 5) is 14.5. The van der Waals surface area contributed by atoms with Crippen molar-refractivity contribution in [2.75, 3.05) is 4.72 Å². The summed E-state index contributed by atoms with van der Waals surface area (Å²) in [6, 6.07) is 8.11. The van der Waals surface area contributed by atoms with Gasteiger partial charge < -0.3 is 5.11 Å². The summed E-state index contributed by atoms with van der Waals surface area (Å²) < 4.78 is 27.0. The average Bonchev–Trinajstić information content (AvgIpc) is 2.41. The first-order valence-electron chi connectivity index (χ1n) is 5.48. The van der Waals surface area contributed by atoms with E-state index in [0.29, 0.717) is 9.50 Å². The number of nitrogens with zero attached hydrogens (tertiary/aromatic N) is 1. The fourth-order valence-electron chi connectivity index (χ4n) is 1.45. The number of carboxylic acids is 1. The van der Waals surface area contributed by atoms with E-state index >= 15 is 0 Å². The van der Waals surface area contributed by atoms with Crippen LogP contribution in [0.15, 0.2) is 45.8 Å². The highest BCUT2D eigenvalue weighted by Crippen LogP contribution is 2.26. The lowest BCUT2D eigenvalue weighted by molar-refractivity contribution is 0.0690. The summed E-state index contributed by atoms with van der Waals surface area (Å²) >= 11 is 8.94. The third-order valence-corrected chi connectivity index (χ3v) is 4.97. The van der Waals surface area contributed by atoms with Crippen molar-refractivity contribution in [3.63, 3.8) is 0 Å². The normalized spacial score (nSPS) is 11.1. The van der Waals surface area contributed by atoms with Crippen LogP contribution in [0, 0.1) is 0 Å². The van der Waals surface area contributed by atoms with Crippen LogP contribution in [0.4, 0.5) is 5.82 Å². The number of aromatic nitrogens is 1. The molecule has 0 saturated heterocycles. The molecule has 1 aromatic heterocycles. The number of halogens is 2. The third-order valence-electron chi connectivity index (χ3n) is 2.41. The first kappa shape index (κ1) is 15.7. The Hall–Kier alpha value is -1.64. The molecule has 0 saturated carbocycles. The molecule has 110 valence electrons. The highest BCUT2D eigenvalue weighted by Gasteiger charge is 2.17. The molecule has 0 fully saturated rings. The smallest absolute Gasteiger partial charge is 0.354 e. The summed E-state index contributed by atoms with van der Waals surface area (Å²) in [6.45, 7) is 0. The average molecular weight is 392 g/mol. The van der Waals surface area contributed by atoms with Crippen molar-refractivity contribution in [1.82, 2.24) is 4.98 Å². The van der Waals surface area contributed by atoms with Gasteiger partial charge in [-0.1, -0.05) is 17.7 Å². The van der Waals surface area contributed by atoms with E-state index in [1.807, 2.05) is 0 Å². The standard InChI is InChI=1S/C12H8BrClN2O4S/c13-8-6-7(4-5-9(8)14)21(19,20)16-11-3-1-2-10(15-11)12(17)18/h1-6H,(H,15,16)(H,17,18). The number of rotatable bonds is 4. The Labute approximate surface area is 134 Å². The van der Waals surface area contributed by atoms with Gasteiger partial charge in [-0.25, -0.2) is 18.2 Å². The molecular weight excluding hydrogens is 384 g/mol. The van der Waals surface area contributed by atoms with Crippen LogP contribution in [-0.4, -0.2) is 24.5 Å². The summed E-state index contributed by atoms with van der Waals surface area (Å²) in [7, 11) is -3.89. The van der Waals surface area contributed by atoms with Gasteiger partial charge in [0.1, 0.15) is 5.82 Å². The maximum absolute atomic E-state index is 12.2. The van der Waals surface area contributed by atoms with Gasteiger partial charge in [0, 0.05) is 4.47 Å². The molecule has 0 amide bonds. The summed E-state index contributed by atoms with van der Waals surface area (Å²) in [5.74, 6) is -1.33. The number of carbonyl (C=O) groups is 1. The van der Waals surface area contributed by atoms with Crippen LogP contribution < -0.4 is 4.72 Å². The van der Waals surface area contributed by atoms with Gasteiger partial charge in [0.05, 0.1) is 9.92 Å². The van der Waals surface area contributed by atoms with Gasteiger partial charge in [-0.3, -0.25) is 4.72 Å². The molecule has 0 bridgehead atoms. The molecule has 0 spiro atoms. The van der Waals surface area contributed by atoms with Gasteiger partial charge in [0.25, 0.3) is 10.0 Å². The van der Waals surface area contributed by atoms with Crippen LogP contribution in [0.25, 0.3) is 0 Å². The van der Waals surface area contributed by atoms with Gasteiger partial charge in [-0.2, -0.15) is 0 Å².